The Balaban J connectivity index is 2.08. The first kappa shape index (κ1) is 19.5. The molecule has 2 N–H and O–H groups in total. The van der Waals surface area contributed by atoms with Crippen LogP contribution in [0.2, 0.25) is 5.02 Å². The lowest BCUT2D eigenvalue weighted by Gasteiger charge is -2.09. The van der Waals surface area contributed by atoms with Crippen molar-refractivity contribution in [3.8, 4) is 5.75 Å². The van der Waals surface area contributed by atoms with E-state index in [1.54, 1.807) is 31.4 Å². The third kappa shape index (κ3) is 5.63. The first-order valence-corrected chi connectivity index (χ1v) is 8.62. The molecule has 0 unspecified atom stereocenters. The number of ether oxygens (including phenoxy) is 1. The van der Waals surface area contributed by atoms with Crippen molar-refractivity contribution in [2.24, 2.45) is 0 Å². The van der Waals surface area contributed by atoms with Gasteiger partial charge >= 0.3 is 0 Å². The van der Waals surface area contributed by atoms with Gasteiger partial charge in [0.2, 0.25) is 11.8 Å². The smallest absolute Gasteiger partial charge is 0.248 e. The molecule has 0 radical (unpaired) electrons. The molecule has 136 valence electrons. The van der Waals surface area contributed by atoms with Gasteiger partial charge in [-0.3, -0.25) is 9.59 Å². The van der Waals surface area contributed by atoms with Crippen LogP contribution in [0.4, 0.5) is 11.4 Å². The zero-order chi connectivity index (χ0) is 18.9. The third-order valence-corrected chi connectivity index (χ3v) is 3.87. The van der Waals surface area contributed by atoms with Crippen LogP contribution < -0.4 is 15.4 Å². The fraction of sp³-hybridized carbons (Fsp3) is 0.200. The summed E-state index contributed by atoms with van der Waals surface area (Å²) >= 11 is 6.13. The number of carbonyl (C=O) groups is 2. The molecular weight excluding hydrogens is 352 g/mol. The molecule has 0 aliphatic carbocycles. The van der Waals surface area contributed by atoms with Crippen molar-refractivity contribution in [3.05, 3.63) is 59.1 Å². The number of hydrogen-bond acceptors (Lipinski definition) is 3. The van der Waals surface area contributed by atoms with Gasteiger partial charge in [-0.1, -0.05) is 36.7 Å². The predicted octanol–water partition coefficient (Wildman–Crippen LogP) is 4.74. The first-order chi connectivity index (χ1) is 12.5. The summed E-state index contributed by atoms with van der Waals surface area (Å²) in [5.74, 6) is 0.258. The molecule has 2 amide bonds. The van der Waals surface area contributed by atoms with Gasteiger partial charge < -0.3 is 15.4 Å². The molecule has 0 spiro atoms. The normalized spacial score (nSPS) is 10.6. The van der Waals surface area contributed by atoms with Crippen LogP contribution in [0.3, 0.4) is 0 Å². The molecule has 0 heterocycles. The van der Waals surface area contributed by atoms with Gasteiger partial charge in [0.05, 0.1) is 17.8 Å². The number of halogens is 1. The van der Waals surface area contributed by atoms with Gasteiger partial charge in [-0.25, -0.2) is 0 Å². The molecule has 2 aromatic carbocycles. The van der Waals surface area contributed by atoms with Crippen molar-refractivity contribution >= 4 is 40.9 Å². The van der Waals surface area contributed by atoms with E-state index in [-0.39, 0.29) is 11.8 Å². The lowest BCUT2D eigenvalue weighted by molar-refractivity contribution is -0.116. The second-order valence-corrected chi connectivity index (χ2v) is 5.96. The molecule has 0 aliphatic rings. The Bertz CT molecular complexity index is 818. The van der Waals surface area contributed by atoms with E-state index in [0.717, 1.165) is 12.0 Å². The molecule has 0 atom stereocenters. The van der Waals surface area contributed by atoms with Crippen molar-refractivity contribution < 1.29 is 14.3 Å². The topological polar surface area (TPSA) is 67.4 Å². The number of rotatable bonds is 7. The highest BCUT2D eigenvalue weighted by atomic mass is 35.5. The number of hydrogen-bond donors (Lipinski definition) is 2. The van der Waals surface area contributed by atoms with Gasteiger partial charge in [-0.15, -0.1) is 0 Å². The van der Waals surface area contributed by atoms with E-state index >= 15 is 0 Å². The van der Waals surface area contributed by atoms with E-state index in [2.05, 4.69) is 10.6 Å². The number of para-hydroxylation sites is 1. The van der Waals surface area contributed by atoms with Gasteiger partial charge in [0, 0.05) is 23.7 Å². The Labute approximate surface area is 158 Å². The molecule has 0 aromatic heterocycles. The van der Waals surface area contributed by atoms with Crippen LogP contribution in [0.25, 0.3) is 6.08 Å². The van der Waals surface area contributed by atoms with Crippen LogP contribution >= 0.6 is 11.6 Å². The molecular formula is C20H21ClN2O3. The highest BCUT2D eigenvalue weighted by molar-refractivity contribution is 6.34. The van der Waals surface area contributed by atoms with Crippen molar-refractivity contribution in [3.63, 3.8) is 0 Å². The SMILES string of the molecule is CCCC(=O)Nc1ccc(Cl)c(NC(=O)/C=C/c2ccccc2OC)c1. The van der Waals surface area contributed by atoms with Crippen LogP contribution in [-0.2, 0) is 9.59 Å². The maximum Gasteiger partial charge on any atom is 0.248 e. The molecule has 0 fully saturated rings. The minimum Gasteiger partial charge on any atom is -0.496 e. The molecule has 0 saturated carbocycles. The summed E-state index contributed by atoms with van der Waals surface area (Å²) in [6, 6.07) is 12.3. The quantitative estimate of drug-likeness (QED) is 0.690. The Hall–Kier alpha value is -2.79. The van der Waals surface area contributed by atoms with E-state index in [1.807, 2.05) is 31.2 Å². The van der Waals surface area contributed by atoms with Crippen LogP contribution in [0.5, 0.6) is 5.75 Å². The number of anilines is 2. The first-order valence-electron chi connectivity index (χ1n) is 8.25. The Morgan fingerprint density at radius 2 is 1.92 bits per heavy atom. The third-order valence-electron chi connectivity index (χ3n) is 3.54. The van der Waals surface area contributed by atoms with Crippen molar-refractivity contribution in [1.29, 1.82) is 0 Å². The molecule has 2 aromatic rings. The average Bonchev–Trinajstić information content (AvgIpc) is 2.63. The molecule has 0 aliphatic heterocycles. The van der Waals surface area contributed by atoms with Crippen LogP contribution in [0.15, 0.2) is 48.5 Å². The average molecular weight is 373 g/mol. The maximum absolute atomic E-state index is 12.2. The summed E-state index contributed by atoms with van der Waals surface area (Å²) in [6.45, 7) is 1.93. The van der Waals surface area contributed by atoms with Gasteiger partial charge in [0.15, 0.2) is 0 Å². The van der Waals surface area contributed by atoms with E-state index in [1.165, 1.54) is 6.08 Å². The second-order valence-electron chi connectivity index (χ2n) is 5.56. The van der Waals surface area contributed by atoms with Crippen LogP contribution in [0, 0.1) is 0 Å². The highest BCUT2D eigenvalue weighted by Gasteiger charge is 2.07. The van der Waals surface area contributed by atoms with Crippen LogP contribution in [-0.4, -0.2) is 18.9 Å². The largest absolute Gasteiger partial charge is 0.496 e. The lowest BCUT2D eigenvalue weighted by Crippen LogP contribution is -2.12. The lowest BCUT2D eigenvalue weighted by atomic mass is 10.2. The molecule has 0 saturated heterocycles. The monoisotopic (exact) mass is 372 g/mol. The Morgan fingerprint density at radius 1 is 1.15 bits per heavy atom. The number of benzene rings is 2. The molecule has 6 heteroatoms. The predicted molar refractivity (Wildman–Crippen MR) is 106 cm³/mol. The van der Waals surface area contributed by atoms with Crippen molar-refractivity contribution in [2.75, 3.05) is 17.7 Å². The minimum atomic E-state index is -0.338. The summed E-state index contributed by atoms with van der Waals surface area (Å²) in [4.78, 5) is 23.9. The van der Waals surface area contributed by atoms with E-state index < -0.39 is 0 Å². The maximum atomic E-state index is 12.2. The van der Waals surface area contributed by atoms with Gasteiger partial charge in [-0.2, -0.15) is 0 Å². The van der Waals surface area contributed by atoms with Crippen molar-refractivity contribution in [2.45, 2.75) is 19.8 Å². The van der Waals surface area contributed by atoms with Gasteiger partial charge in [-0.05, 0) is 36.8 Å². The fourth-order valence-corrected chi connectivity index (χ4v) is 2.46. The van der Waals surface area contributed by atoms with Gasteiger partial charge in [0.1, 0.15) is 5.75 Å². The Morgan fingerprint density at radius 3 is 2.65 bits per heavy atom. The van der Waals surface area contributed by atoms with Gasteiger partial charge in [0.25, 0.3) is 0 Å². The highest BCUT2D eigenvalue weighted by Crippen LogP contribution is 2.26. The molecule has 26 heavy (non-hydrogen) atoms. The minimum absolute atomic E-state index is 0.0804. The summed E-state index contributed by atoms with van der Waals surface area (Å²) in [5, 5.41) is 5.87. The van der Waals surface area contributed by atoms with E-state index in [4.69, 9.17) is 16.3 Å². The summed E-state index contributed by atoms with van der Waals surface area (Å²) < 4.78 is 5.24. The standard InChI is InChI=1S/C20H21ClN2O3/c1-3-6-19(24)22-15-10-11-16(21)17(13-15)23-20(25)12-9-14-7-4-5-8-18(14)26-2/h4-5,7-13H,3,6H2,1-2H3,(H,22,24)(H,23,25)/b12-9+. The zero-order valence-electron chi connectivity index (χ0n) is 14.7. The Kier molecular flexibility index (Phi) is 7.24. The fourth-order valence-electron chi connectivity index (χ4n) is 2.29. The number of carbonyl (C=O) groups excluding carboxylic acids is 2. The zero-order valence-corrected chi connectivity index (χ0v) is 15.5. The second kappa shape index (κ2) is 9.63. The van der Waals surface area contributed by atoms with E-state index in [9.17, 15) is 9.59 Å². The molecule has 0 bridgehead atoms. The summed E-state index contributed by atoms with van der Waals surface area (Å²) in [5.41, 5.74) is 1.80. The van der Waals surface area contributed by atoms with Crippen molar-refractivity contribution in [1.82, 2.24) is 0 Å². The number of methoxy groups -OCH3 is 1. The number of amides is 2. The molecule has 2 rings (SSSR count). The van der Waals surface area contributed by atoms with Crippen LogP contribution in [0.1, 0.15) is 25.3 Å². The summed E-state index contributed by atoms with van der Waals surface area (Å²) in [7, 11) is 1.57. The number of nitrogens with one attached hydrogen (secondary N) is 2. The summed E-state index contributed by atoms with van der Waals surface area (Å²) in [6.07, 6.45) is 4.26. The van der Waals surface area contributed by atoms with E-state index in [0.29, 0.717) is 28.6 Å². The molecule has 5 nitrogen and oxygen atoms in total.